The maximum absolute atomic E-state index is 11.9. The fourth-order valence-electron chi connectivity index (χ4n) is 2.36. The quantitative estimate of drug-likeness (QED) is 0.778. The van der Waals surface area contributed by atoms with E-state index in [1.54, 1.807) is 6.07 Å². The number of carbonyl (C=O) groups excluding carboxylic acids is 2. The average molecular weight is 289 g/mol. The number of amides is 2. The lowest BCUT2D eigenvalue weighted by Gasteiger charge is -2.19. The van der Waals surface area contributed by atoms with E-state index in [0.717, 1.165) is 43.5 Å². The van der Waals surface area contributed by atoms with Gasteiger partial charge in [-0.25, -0.2) is 0 Å². The monoisotopic (exact) mass is 289 g/mol. The van der Waals surface area contributed by atoms with Crippen molar-refractivity contribution in [3.8, 4) is 0 Å². The molecule has 1 aliphatic heterocycles. The zero-order valence-electron chi connectivity index (χ0n) is 12.2. The van der Waals surface area contributed by atoms with Crippen LogP contribution in [0.25, 0.3) is 5.57 Å². The number of nitrogens with zero attached hydrogens (tertiary/aromatic N) is 3. The van der Waals surface area contributed by atoms with Crippen molar-refractivity contribution in [1.82, 2.24) is 15.5 Å². The molecule has 0 unspecified atom stereocenters. The first kappa shape index (κ1) is 15.0. The molecule has 2 heterocycles. The summed E-state index contributed by atoms with van der Waals surface area (Å²) in [5.41, 5.74) is 7.77. The Bertz CT molecular complexity index is 591. The van der Waals surface area contributed by atoms with Gasteiger partial charge in [0.05, 0.1) is 17.0 Å². The number of hydrogen-bond donors (Lipinski definition) is 2. The molecule has 0 spiro atoms. The maximum Gasteiger partial charge on any atom is 0.261 e. The maximum atomic E-state index is 11.9. The van der Waals surface area contributed by atoms with E-state index in [-0.39, 0.29) is 5.57 Å². The van der Waals surface area contributed by atoms with Crippen LogP contribution in [-0.4, -0.2) is 35.1 Å². The van der Waals surface area contributed by atoms with Crippen LogP contribution < -0.4 is 16.0 Å². The third-order valence-corrected chi connectivity index (χ3v) is 3.38. The summed E-state index contributed by atoms with van der Waals surface area (Å²) in [4.78, 5) is 25.1. The molecule has 0 bridgehead atoms. The fraction of sp³-hybridized carbons (Fsp3) is 0.429. The highest BCUT2D eigenvalue weighted by Crippen LogP contribution is 2.25. The Morgan fingerprint density at radius 2 is 2.00 bits per heavy atom. The highest BCUT2D eigenvalue weighted by molar-refractivity contribution is 6.22. The summed E-state index contributed by atoms with van der Waals surface area (Å²) in [5, 5.41) is 10.3. The standard InChI is InChI=1S/C14H19N5O2/c1-9-13(19-5-3-4-6-19)7-12(18-17-9)11(8-15)14(21)16-10(2)20/h7-8H,3-6,15H2,1-2H3,(H,16,20,21)/b11-8-. The summed E-state index contributed by atoms with van der Waals surface area (Å²) < 4.78 is 0. The molecular weight excluding hydrogens is 270 g/mol. The van der Waals surface area contributed by atoms with Crippen molar-refractivity contribution in [1.29, 1.82) is 0 Å². The van der Waals surface area contributed by atoms with Crippen molar-refractivity contribution in [2.75, 3.05) is 18.0 Å². The minimum Gasteiger partial charge on any atom is -0.404 e. The number of imide groups is 1. The molecule has 112 valence electrons. The van der Waals surface area contributed by atoms with Gasteiger partial charge < -0.3 is 10.6 Å². The van der Waals surface area contributed by atoms with Crippen molar-refractivity contribution in [2.45, 2.75) is 26.7 Å². The van der Waals surface area contributed by atoms with E-state index in [9.17, 15) is 9.59 Å². The molecule has 0 aliphatic carbocycles. The molecule has 7 nitrogen and oxygen atoms in total. The van der Waals surface area contributed by atoms with Crippen molar-refractivity contribution in [3.63, 3.8) is 0 Å². The van der Waals surface area contributed by atoms with Gasteiger partial charge in [-0.1, -0.05) is 0 Å². The van der Waals surface area contributed by atoms with Crippen LogP contribution in [0.1, 0.15) is 31.2 Å². The van der Waals surface area contributed by atoms with E-state index in [4.69, 9.17) is 5.73 Å². The molecule has 7 heteroatoms. The number of aryl methyl sites for hydroxylation is 1. The van der Waals surface area contributed by atoms with Gasteiger partial charge in [0.2, 0.25) is 5.91 Å². The van der Waals surface area contributed by atoms with Crippen LogP contribution in [0.3, 0.4) is 0 Å². The molecular formula is C14H19N5O2. The Labute approximate surface area is 123 Å². The van der Waals surface area contributed by atoms with Crippen LogP contribution in [0.15, 0.2) is 12.3 Å². The summed E-state index contributed by atoms with van der Waals surface area (Å²) >= 11 is 0. The van der Waals surface area contributed by atoms with Crippen molar-refractivity contribution >= 4 is 23.1 Å². The normalized spacial score (nSPS) is 15.1. The minimum atomic E-state index is -0.574. The van der Waals surface area contributed by atoms with Crippen molar-refractivity contribution in [3.05, 3.63) is 23.7 Å². The third kappa shape index (κ3) is 3.36. The van der Waals surface area contributed by atoms with Gasteiger partial charge in [-0.2, -0.15) is 5.10 Å². The van der Waals surface area contributed by atoms with Gasteiger partial charge in [-0.05, 0) is 25.8 Å². The molecule has 1 saturated heterocycles. The van der Waals surface area contributed by atoms with E-state index in [0.29, 0.717) is 5.69 Å². The van der Waals surface area contributed by atoms with Crippen LogP contribution in [0.4, 0.5) is 5.69 Å². The number of anilines is 1. The Balaban J connectivity index is 2.32. The first-order valence-corrected chi connectivity index (χ1v) is 6.86. The predicted molar refractivity (Wildman–Crippen MR) is 79.2 cm³/mol. The number of hydrogen-bond acceptors (Lipinski definition) is 6. The van der Waals surface area contributed by atoms with Gasteiger partial charge in [0.25, 0.3) is 5.91 Å². The molecule has 21 heavy (non-hydrogen) atoms. The van der Waals surface area contributed by atoms with Crippen molar-refractivity contribution in [2.24, 2.45) is 5.73 Å². The van der Waals surface area contributed by atoms with E-state index < -0.39 is 11.8 Å². The Kier molecular flexibility index (Phi) is 4.52. The van der Waals surface area contributed by atoms with E-state index >= 15 is 0 Å². The summed E-state index contributed by atoms with van der Waals surface area (Å²) in [6.45, 7) is 5.08. The molecule has 1 aromatic heterocycles. The summed E-state index contributed by atoms with van der Waals surface area (Å²) in [6, 6.07) is 1.80. The molecule has 0 aromatic carbocycles. The van der Waals surface area contributed by atoms with Gasteiger partial charge in [-0.15, -0.1) is 5.10 Å². The van der Waals surface area contributed by atoms with Gasteiger partial charge in [0, 0.05) is 26.2 Å². The third-order valence-electron chi connectivity index (χ3n) is 3.38. The van der Waals surface area contributed by atoms with E-state index in [1.165, 1.54) is 6.92 Å². The molecule has 2 rings (SSSR count). The lowest BCUT2D eigenvalue weighted by molar-refractivity contribution is -0.126. The largest absolute Gasteiger partial charge is 0.404 e. The molecule has 3 N–H and O–H groups in total. The smallest absolute Gasteiger partial charge is 0.261 e. The molecule has 1 aromatic rings. The second-order valence-corrected chi connectivity index (χ2v) is 4.99. The average Bonchev–Trinajstić information content (AvgIpc) is 2.94. The number of carbonyl (C=O) groups is 2. The lowest BCUT2D eigenvalue weighted by Crippen LogP contribution is -2.29. The zero-order valence-corrected chi connectivity index (χ0v) is 12.2. The molecule has 0 radical (unpaired) electrons. The topological polar surface area (TPSA) is 101 Å². The molecule has 2 amide bonds. The Morgan fingerprint density at radius 1 is 1.33 bits per heavy atom. The highest BCUT2D eigenvalue weighted by Gasteiger charge is 2.20. The van der Waals surface area contributed by atoms with Gasteiger partial charge in [-0.3, -0.25) is 14.9 Å². The number of rotatable bonds is 3. The van der Waals surface area contributed by atoms with Crippen LogP contribution in [0, 0.1) is 6.92 Å². The van der Waals surface area contributed by atoms with Crippen LogP contribution in [0.5, 0.6) is 0 Å². The fourth-order valence-corrected chi connectivity index (χ4v) is 2.36. The Morgan fingerprint density at radius 3 is 2.57 bits per heavy atom. The van der Waals surface area contributed by atoms with E-state index in [1.807, 2.05) is 6.92 Å². The van der Waals surface area contributed by atoms with Crippen LogP contribution in [0.2, 0.25) is 0 Å². The number of nitrogens with two attached hydrogens (primary N) is 1. The molecule has 0 saturated carbocycles. The number of nitrogens with one attached hydrogen (secondary N) is 1. The minimum absolute atomic E-state index is 0.137. The second-order valence-electron chi connectivity index (χ2n) is 4.99. The lowest BCUT2D eigenvalue weighted by atomic mass is 10.1. The molecule has 0 atom stereocenters. The highest BCUT2D eigenvalue weighted by atomic mass is 16.2. The Hall–Kier alpha value is -2.44. The van der Waals surface area contributed by atoms with Crippen LogP contribution in [-0.2, 0) is 9.59 Å². The zero-order chi connectivity index (χ0) is 15.4. The summed E-state index contributed by atoms with van der Waals surface area (Å²) in [7, 11) is 0. The number of aromatic nitrogens is 2. The van der Waals surface area contributed by atoms with Gasteiger partial charge in [0.1, 0.15) is 5.69 Å². The second kappa shape index (κ2) is 6.34. The molecule has 1 fully saturated rings. The molecule has 1 aliphatic rings. The first-order chi connectivity index (χ1) is 10.0. The van der Waals surface area contributed by atoms with E-state index in [2.05, 4.69) is 20.4 Å². The summed E-state index contributed by atoms with van der Waals surface area (Å²) in [6.07, 6.45) is 3.42. The summed E-state index contributed by atoms with van der Waals surface area (Å²) in [5.74, 6) is -1.02. The predicted octanol–water partition coefficient (Wildman–Crippen LogP) is 0.348. The first-order valence-electron chi connectivity index (χ1n) is 6.86. The van der Waals surface area contributed by atoms with Gasteiger partial charge >= 0.3 is 0 Å². The van der Waals surface area contributed by atoms with Gasteiger partial charge in [0.15, 0.2) is 0 Å². The SMILES string of the molecule is CC(=O)NC(=O)/C(=C\N)c1cc(N2CCCC2)c(C)nn1. The van der Waals surface area contributed by atoms with Crippen molar-refractivity contribution < 1.29 is 9.59 Å². The van der Waals surface area contributed by atoms with Crippen LogP contribution >= 0.6 is 0 Å².